The lowest BCUT2D eigenvalue weighted by molar-refractivity contribution is 0.290. The minimum absolute atomic E-state index is 0.0171. The van der Waals surface area contributed by atoms with Gasteiger partial charge in [-0.15, -0.1) is 0 Å². The predicted molar refractivity (Wildman–Crippen MR) is 81.0 cm³/mol. The quantitative estimate of drug-likeness (QED) is 0.824. The Morgan fingerprint density at radius 3 is 2.79 bits per heavy atom. The van der Waals surface area contributed by atoms with Crippen LogP contribution < -0.4 is 4.90 Å². The Balaban J connectivity index is 2.44. The van der Waals surface area contributed by atoms with E-state index in [1.165, 1.54) is 16.9 Å². The number of rotatable bonds is 5. The molecule has 0 unspecified atom stereocenters. The van der Waals surface area contributed by atoms with Crippen LogP contribution in [0.25, 0.3) is 0 Å². The summed E-state index contributed by atoms with van der Waals surface area (Å²) in [5.74, 6) is 0. The first kappa shape index (κ1) is 13.8. The maximum absolute atomic E-state index is 9.09. The average Bonchev–Trinajstić information content (AvgIpc) is 2.62. The van der Waals surface area contributed by atoms with Gasteiger partial charge >= 0.3 is 0 Å². The molecule has 2 rings (SSSR count). The van der Waals surface area contributed by atoms with Gasteiger partial charge in [-0.2, -0.15) is 0 Å². The third-order valence-corrected chi connectivity index (χ3v) is 3.75. The highest BCUT2D eigenvalue weighted by Gasteiger charge is 2.39. The molecular weight excluding hydrogens is 236 g/mol. The van der Waals surface area contributed by atoms with Gasteiger partial charge in [0.25, 0.3) is 0 Å². The van der Waals surface area contributed by atoms with Crippen molar-refractivity contribution in [2.75, 3.05) is 24.6 Å². The zero-order valence-electron chi connectivity index (χ0n) is 11.8. The lowest BCUT2D eigenvalue weighted by atomic mass is 9.84. The molecule has 0 fully saturated rings. The van der Waals surface area contributed by atoms with Gasteiger partial charge in [-0.3, -0.25) is 4.99 Å². The zero-order chi connectivity index (χ0) is 13.9. The highest BCUT2D eigenvalue weighted by molar-refractivity contribution is 5.70. The van der Waals surface area contributed by atoms with Crippen molar-refractivity contribution in [3.63, 3.8) is 0 Å². The molecule has 0 aromatic heterocycles. The zero-order valence-corrected chi connectivity index (χ0v) is 11.8. The first-order valence-electron chi connectivity index (χ1n) is 6.74. The van der Waals surface area contributed by atoms with Gasteiger partial charge in [0.05, 0.1) is 6.54 Å². The van der Waals surface area contributed by atoms with Crippen molar-refractivity contribution in [2.24, 2.45) is 4.99 Å². The SMILES string of the molecule is C=NC/C=C1/N(CCCO)c2ccccc2C1(C)C. The van der Waals surface area contributed by atoms with Crippen LogP contribution in [0.5, 0.6) is 0 Å². The van der Waals surface area contributed by atoms with E-state index >= 15 is 0 Å². The summed E-state index contributed by atoms with van der Waals surface area (Å²) in [5.41, 5.74) is 3.82. The lowest BCUT2D eigenvalue weighted by Gasteiger charge is -2.27. The summed E-state index contributed by atoms with van der Waals surface area (Å²) in [6, 6.07) is 8.48. The Morgan fingerprint density at radius 1 is 1.37 bits per heavy atom. The third-order valence-electron chi connectivity index (χ3n) is 3.75. The first-order chi connectivity index (χ1) is 9.12. The molecule has 0 bridgehead atoms. The van der Waals surface area contributed by atoms with Gasteiger partial charge in [-0.05, 0) is 30.8 Å². The standard InChI is InChI=1S/C16H22N2O/c1-16(2)13-7-4-5-8-14(13)18(11-6-12-19)15(16)9-10-17-3/h4-5,7-9,19H,3,6,10-12H2,1-2H3/b15-9+. The molecule has 1 aromatic rings. The fraction of sp³-hybridized carbons (Fsp3) is 0.438. The summed E-state index contributed by atoms with van der Waals surface area (Å²) in [4.78, 5) is 6.24. The monoisotopic (exact) mass is 258 g/mol. The van der Waals surface area contributed by atoms with Gasteiger partial charge < -0.3 is 10.0 Å². The van der Waals surface area contributed by atoms with Crippen molar-refractivity contribution in [1.29, 1.82) is 0 Å². The van der Waals surface area contributed by atoms with E-state index < -0.39 is 0 Å². The van der Waals surface area contributed by atoms with E-state index in [2.05, 4.69) is 60.8 Å². The van der Waals surface area contributed by atoms with Crippen LogP contribution in [0.1, 0.15) is 25.8 Å². The molecule has 3 nitrogen and oxygen atoms in total. The minimum Gasteiger partial charge on any atom is -0.396 e. The van der Waals surface area contributed by atoms with Crippen LogP contribution in [0.4, 0.5) is 5.69 Å². The number of nitrogens with zero attached hydrogens (tertiary/aromatic N) is 2. The Kier molecular flexibility index (Phi) is 4.05. The van der Waals surface area contributed by atoms with Crippen LogP contribution in [-0.4, -0.2) is 31.5 Å². The molecule has 0 saturated carbocycles. The summed E-state index contributed by atoms with van der Waals surface area (Å²) in [7, 11) is 0. The number of benzene rings is 1. The number of aliphatic hydroxyl groups excluding tert-OH is 1. The Labute approximate surface area is 115 Å². The van der Waals surface area contributed by atoms with E-state index in [-0.39, 0.29) is 12.0 Å². The first-order valence-corrected chi connectivity index (χ1v) is 6.74. The molecular formula is C16H22N2O. The van der Waals surface area contributed by atoms with E-state index in [4.69, 9.17) is 5.11 Å². The summed E-state index contributed by atoms with van der Waals surface area (Å²) in [5, 5.41) is 9.09. The van der Waals surface area contributed by atoms with E-state index in [1.807, 2.05) is 0 Å². The van der Waals surface area contributed by atoms with Crippen molar-refractivity contribution in [3.8, 4) is 0 Å². The molecule has 1 N–H and O–H groups in total. The summed E-state index contributed by atoms with van der Waals surface area (Å²) < 4.78 is 0. The van der Waals surface area contributed by atoms with Crippen molar-refractivity contribution in [1.82, 2.24) is 0 Å². The summed E-state index contributed by atoms with van der Waals surface area (Å²) in [6.07, 6.45) is 2.91. The molecule has 3 heteroatoms. The van der Waals surface area contributed by atoms with E-state index in [1.54, 1.807) is 0 Å². The fourth-order valence-corrected chi connectivity index (χ4v) is 2.83. The average molecular weight is 258 g/mol. The maximum atomic E-state index is 9.09. The molecule has 1 heterocycles. The van der Waals surface area contributed by atoms with Crippen LogP contribution in [0.2, 0.25) is 0 Å². The number of aliphatic hydroxyl groups is 1. The van der Waals surface area contributed by atoms with E-state index in [0.717, 1.165) is 13.0 Å². The maximum Gasteiger partial charge on any atom is 0.0583 e. The second-order valence-corrected chi connectivity index (χ2v) is 5.37. The number of fused-ring (bicyclic) bond motifs is 1. The van der Waals surface area contributed by atoms with Crippen molar-refractivity contribution >= 4 is 12.4 Å². The molecule has 19 heavy (non-hydrogen) atoms. The molecule has 102 valence electrons. The molecule has 0 aliphatic carbocycles. The summed E-state index contributed by atoms with van der Waals surface area (Å²) >= 11 is 0. The van der Waals surface area contributed by atoms with Crippen LogP contribution in [0.15, 0.2) is 41.0 Å². The number of aliphatic imine (C=N–C) groups is 1. The highest BCUT2D eigenvalue weighted by Crippen LogP contribution is 2.47. The Morgan fingerprint density at radius 2 is 2.11 bits per heavy atom. The highest BCUT2D eigenvalue weighted by atomic mass is 16.3. The Hall–Kier alpha value is -1.61. The second-order valence-electron chi connectivity index (χ2n) is 5.37. The largest absolute Gasteiger partial charge is 0.396 e. The van der Waals surface area contributed by atoms with Gasteiger partial charge in [-0.25, -0.2) is 0 Å². The van der Waals surface area contributed by atoms with Gasteiger partial charge in [-0.1, -0.05) is 32.0 Å². The van der Waals surface area contributed by atoms with E-state index in [9.17, 15) is 0 Å². The molecule has 0 atom stereocenters. The van der Waals surface area contributed by atoms with Gasteiger partial charge in [0, 0.05) is 30.0 Å². The lowest BCUT2D eigenvalue weighted by Crippen LogP contribution is -2.27. The smallest absolute Gasteiger partial charge is 0.0583 e. The van der Waals surface area contributed by atoms with Crippen molar-refractivity contribution < 1.29 is 5.11 Å². The second kappa shape index (κ2) is 5.57. The predicted octanol–water partition coefficient (Wildman–Crippen LogP) is 2.75. The van der Waals surface area contributed by atoms with Crippen molar-refractivity contribution in [3.05, 3.63) is 41.6 Å². The molecule has 0 saturated heterocycles. The van der Waals surface area contributed by atoms with Gasteiger partial charge in [0.2, 0.25) is 0 Å². The number of hydrogen-bond acceptors (Lipinski definition) is 3. The van der Waals surface area contributed by atoms with Crippen LogP contribution in [0.3, 0.4) is 0 Å². The normalized spacial score (nSPS) is 18.7. The number of hydrogen-bond donors (Lipinski definition) is 1. The Bertz CT molecular complexity index is 491. The van der Waals surface area contributed by atoms with Crippen LogP contribution in [0, 0.1) is 0 Å². The molecule has 0 spiro atoms. The third kappa shape index (κ3) is 2.43. The number of para-hydroxylation sites is 1. The van der Waals surface area contributed by atoms with E-state index in [0.29, 0.717) is 6.54 Å². The van der Waals surface area contributed by atoms with Crippen LogP contribution >= 0.6 is 0 Å². The minimum atomic E-state index is -0.0171. The molecule has 1 aliphatic heterocycles. The number of anilines is 1. The van der Waals surface area contributed by atoms with Gasteiger partial charge in [0.15, 0.2) is 0 Å². The van der Waals surface area contributed by atoms with Crippen molar-refractivity contribution in [2.45, 2.75) is 25.7 Å². The molecule has 1 aliphatic rings. The molecule has 0 amide bonds. The molecule has 1 aromatic carbocycles. The van der Waals surface area contributed by atoms with Crippen LogP contribution in [-0.2, 0) is 5.41 Å². The topological polar surface area (TPSA) is 35.8 Å². The van der Waals surface area contributed by atoms with Gasteiger partial charge in [0.1, 0.15) is 0 Å². The molecule has 0 radical (unpaired) electrons. The fourth-order valence-electron chi connectivity index (χ4n) is 2.83. The number of allylic oxidation sites excluding steroid dienone is 1. The summed E-state index contributed by atoms with van der Waals surface area (Å²) in [6.45, 7) is 9.70.